The molecule has 8 heteroatoms. The molecule has 2 heterocycles. The number of ether oxygens (including phenoxy) is 2. The van der Waals surface area contributed by atoms with Crippen LogP contribution in [0.1, 0.15) is 45.1 Å². The van der Waals surface area contributed by atoms with Crippen molar-refractivity contribution in [3.63, 3.8) is 0 Å². The number of aromatic nitrogens is 2. The highest BCUT2D eigenvalue weighted by molar-refractivity contribution is 5.44. The van der Waals surface area contributed by atoms with Crippen molar-refractivity contribution < 1.29 is 22.6 Å². The molecule has 31 heavy (non-hydrogen) atoms. The lowest BCUT2D eigenvalue weighted by atomic mass is 9.95. The molecule has 0 saturated carbocycles. The van der Waals surface area contributed by atoms with E-state index >= 15 is 0 Å². The third-order valence-corrected chi connectivity index (χ3v) is 5.05. The minimum absolute atomic E-state index is 0.0273. The summed E-state index contributed by atoms with van der Waals surface area (Å²) >= 11 is 0. The fourth-order valence-corrected chi connectivity index (χ4v) is 3.59. The van der Waals surface area contributed by atoms with Crippen LogP contribution in [0.4, 0.5) is 19.0 Å². The first-order chi connectivity index (χ1) is 14.6. The van der Waals surface area contributed by atoms with Crippen LogP contribution in [-0.4, -0.2) is 41.7 Å². The summed E-state index contributed by atoms with van der Waals surface area (Å²) in [7, 11) is 0. The Hall–Kier alpha value is -2.77. The average molecular weight is 435 g/mol. The van der Waals surface area contributed by atoms with Crippen molar-refractivity contribution in [1.82, 2.24) is 9.97 Å². The van der Waals surface area contributed by atoms with Crippen LogP contribution < -0.4 is 14.4 Å². The molecular formula is C23H28F3N3O2. The lowest BCUT2D eigenvalue weighted by Crippen LogP contribution is -2.27. The van der Waals surface area contributed by atoms with Crippen LogP contribution in [0.3, 0.4) is 0 Å². The summed E-state index contributed by atoms with van der Waals surface area (Å²) in [6.45, 7) is 8.84. The molecule has 0 unspecified atom stereocenters. The van der Waals surface area contributed by atoms with Gasteiger partial charge in [0.25, 0.3) is 11.8 Å². The van der Waals surface area contributed by atoms with Crippen LogP contribution in [0.15, 0.2) is 42.7 Å². The zero-order valence-electron chi connectivity index (χ0n) is 18.1. The van der Waals surface area contributed by atoms with E-state index in [1.165, 1.54) is 5.56 Å². The van der Waals surface area contributed by atoms with E-state index < -0.39 is 24.2 Å². The summed E-state index contributed by atoms with van der Waals surface area (Å²) < 4.78 is 51.6. The molecule has 1 aromatic carbocycles. The van der Waals surface area contributed by atoms with Crippen molar-refractivity contribution >= 4 is 5.82 Å². The van der Waals surface area contributed by atoms with Crippen molar-refractivity contribution in [2.45, 2.75) is 51.6 Å². The predicted octanol–water partition coefficient (Wildman–Crippen LogP) is 5.38. The normalized spacial score (nSPS) is 17.5. The van der Waals surface area contributed by atoms with Gasteiger partial charge in [-0.3, -0.25) is 0 Å². The second-order valence-electron chi connectivity index (χ2n) is 8.28. The van der Waals surface area contributed by atoms with Gasteiger partial charge >= 0.3 is 0 Å². The highest BCUT2D eigenvalue weighted by atomic mass is 19.3. The summed E-state index contributed by atoms with van der Waals surface area (Å²) in [4.78, 5) is 9.32. The van der Waals surface area contributed by atoms with Gasteiger partial charge in [-0.2, -0.15) is 9.37 Å². The first-order valence-corrected chi connectivity index (χ1v) is 10.3. The molecule has 168 valence electrons. The van der Waals surface area contributed by atoms with E-state index in [9.17, 15) is 13.2 Å². The minimum atomic E-state index is -3.08. The standard InChI is InChI=1S/C23H28F3N3O2/c1-15(2)11-16(3)17-5-7-18(8-6-17)31-19-9-10-29(12-19)21-20(24)22(28-14-27-21)30-13-23(4,25)26/h5-8,14,16,19H,1,9-13H2,2-4H3/t16-,19-/m1/s1. The molecule has 0 amide bonds. The van der Waals surface area contributed by atoms with Crippen LogP contribution in [0, 0.1) is 5.82 Å². The van der Waals surface area contributed by atoms with E-state index in [0.29, 0.717) is 32.4 Å². The van der Waals surface area contributed by atoms with Gasteiger partial charge in [0.1, 0.15) is 18.2 Å². The number of allylic oxidation sites excluding steroid dienone is 1. The minimum Gasteiger partial charge on any atom is -0.489 e. The first kappa shape index (κ1) is 22.9. The van der Waals surface area contributed by atoms with Crippen molar-refractivity contribution in [2.24, 2.45) is 0 Å². The topological polar surface area (TPSA) is 47.5 Å². The van der Waals surface area contributed by atoms with Crippen molar-refractivity contribution in [3.8, 4) is 11.6 Å². The molecule has 0 N–H and O–H groups in total. The molecule has 5 nitrogen and oxygen atoms in total. The van der Waals surface area contributed by atoms with Crippen LogP contribution in [-0.2, 0) is 0 Å². The largest absolute Gasteiger partial charge is 0.489 e. The maximum Gasteiger partial charge on any atom is 0.278 e. The lowest BCUT2D eigenvalue weighted by Gasteiger charge is -2.20. The number of nitrogens with zero attached hydrogens (tertiary/aromatic N) is 3. The van der Waals surface area contributed by atoms with Gasteiger partial charge < -0.3 is 14.4 Å². The number of hydrogen-bond acceptors (Lipinski definition) is 5. The maximum absolute atomic E-state index is 14.7. The summed E-state index contributed by atoms with van der Waals surface area (Å²) in [5.41, 5.74) is 2.37. The second kappa shape index (κ2) is 9.58. The Bertz CT molecular complexity index is 900. The van der Waals surface area contributed by atoms with Gasteiger partial charge in [0.05, 0.1) is 6.54 Å². The third-order valence-electron chi connectivity index (χ3n) is 5.05. The second-order valence-corrected chi connectivity index (χ2v) is 8.28. The predicted molar refractivity (Wildman–Crippen MR) is 114 cm³/mol. The average Bonchev–Trinajstić information content (AvgIpc) is 3.14. The maximum atomic E-state index is 14.7. The van der Waals surface area contributed by atoms with Gasteiger partial charge in [-0.15, -0.1) is 6.58 Å². The Morgan fingerprint density at radius 3 is 2.65 bits per heavy atom. The fraction of sp³-hybridized carbons (Fsp3) is 0.478. The van der Waals surface area contributed by atoms with Crippen LogP contribution in [0.5, 0.6) is 11.6 Å². The van der Waals surface area contributed by atoms with Gasteiger partial charge in [-0.05, 0) is 37.0 Å². The van der Waals surface area contributed by atoms with E-state index in [4.69, 9.17) is 9.47 Å². The molecule has 0 bridgehead atoms. The highest BCUT2D eigenvalue weighted by Gasteiger charge is 2.30. The Morgan fingerprint density at radius 1 is 1.29 bits per heavy atom. The number of halogens is 3. The molecule has 1 fully saturated rings. The summed E-state index contributed by atoms with van der Waals surface area (Å²) in [6.07, 6.45) is 2.59. The molecular weight excluding hydrogens is 407 g/mol. The number of rotatable bonds is 9. The zero-order valence-corrected chi connectivity index (χ0v) is 18.1. The number of benzene rings is 1. The SMILES string of the molecule is C=C(C)C[C@@H](C)c1ccc(O[C@@H]2CCN(c3ncnc(OCC(C)(F)F)c3F)C2)cc1. The van der Waals surface area contributed by atoms with E-state index in [1.807, 2.05) is 31.2 Å². The van der Waals surface area contributed by atoms with Gasteiger partial charge in [-0.25, -0.2) is 13.8 Å². The van der Waals surface area contributed by atoms with Crippen molar-refractivity contribution in [1.29, 1.82) is 0 Å². The summed E-state index contributed by atoms with van der Waals surface area (Å²) in [5, 5.41) is 0. The van der Waals surface area contributed by atoms with E-state index in [1.54, 1.807) is 4.90 Å². The number of alkyl halides is 2. The quantitative estimate of drug-likeness (QED) is 0.495. The molecule has 1 saturated heterocycles. The molecule has 0 aliphatic carbocycles. The molecule has 0 spiro atoms. The molecule has 1 aliphatic rings. The molecule has 0 radical (unpaired) electrons. The van der Waals surface area contributed by atoms with Crippen LogP contribution in [0.2, 0.25) is 0 Å². The van der Waals surface area contributed by atoms with Crippen LogP contribution in [0.25, 0.3) is 0 Å². The number of anilines is 1. The smallest absolute Gasteiger partial charge is 0.278 e. The Labute approximate surface area is 180 Å². The lowest BCUT2D eigenvalue weighted by molar-refractivity contribution is -0.0253. The van der Waals surface area contributed by atoms with E-state index in [-0.39, 0.29) is 11.9 Å². The van der Waals surface area contributed by atoms with Gasteiger partial charge in [-0.1, -0.05) is 24.6 Å². The molecule has 1 aromatic heterocycles. The Kier molecular flexibility index (Phi) is 7.08. The summed E-state index contributed by atoms with van der Waals surface area (Å²) in [5.74, 6) is -3.24. The zero-order chi connectivity index (χ0) is 22.6. The monoisotopic (exact) mass is 435 g/mol. The van der Waals surface area contributed by atoms with Crippen molar-refractivity contribution in [2.75, 3.05) is 24.6 Å². The van der Waals surface area contributed by atoms with E-state index in [2.05, 4.69) is 23.5 Å². The summed E-state index contributed by atoms with van der Waals surface area (Å²) in [6, 6.07) is 7.98. The van der Waals surface area contributed by atoms with E-state index in [0.717, 1.165) is 24.1 Å². The van der Waals surface area contributed by atoms with Gasteiger partial charge in [0, 0.05) is 19.9 Å². The van der Waals surface area contributed by atoms with Crippen molar-refractivity contribution in [3.05, 3.63) is 54.1 Å². The Balaban J connectivity index is 1.60. The van der Waals surface area contributed by atoms with Gasteiger partial charge in [0.2, 0.25) is 5.82 Å². The molecule has 1 aliphatic heterocycles. The molecule has 2 aromatic rings. The fourth-order valence-electron chi connectivity index (χ4n) is 3.59. The molecule has 3 rings (SSSR count). The Morgan fingerprint density at radius 2 is 2.00 bits per heavy atom. The van der Waals surface area contributed by atoms with Gasteiger partial charge in [0.15, 0.2) is 12.4 Å². The number of hydrogen-bond donors (Lipinski definition) is 0. The van der Waals surface area contributed by atoms with Crippen LogP contribution >= 0.6 is 0 Å². The highest BCUT2D eigenvalue weighted by Crippen LogP contribution is 2.29. The third kappa shape index (κ3) is 6.35. The first-order valence-electron chi connectivity index (χ1n) is 10.3. The molecule has 2 atom stereocenters.